The van der Waals surface area contributed by atoms with Crippen LogP contribution in [0.1, 0.15) is 23.7 Å². The van der Waals surface area contributed by atoms with Crippen LogP contribution >= 0.6 is 0 Å². The Hall–Kier alpha value is -3.83. The number of nitrogens with one attached hydrogen (secondary N) is 2. The number of aromatic nitrogens is 2. The molecule has 1 saturated heterocycles. The van der Waals surface area contributed by atoms with Gasteiger partial charge in [0.1, 0.15) is 18.1 Å². The fourth-order valence-corrected chi connectivity index (χ4v) is 5.39. The highest BCUT2D eigenvalue weighted by molar-refractivity contribution is 7.89. The van der Waals surface area contributed by atoms with Gasteiger partial charge in [-0.05, 0) is 42.3 Å². The molecule has 2 N–H and O–H groups in total. The number of aromatic amines is 1. The lowest BCUT2D eigenvalue weighted by Crippen LogP contribution is -2.36. The van der Waals surface area contributed by atoms with Crippen LogP contribution < -0.4 is 9.62 Å². The Balaban J connectivity index is 1.57. The highest BCUT2D eigenvalue weighted by Crippen LogP contribution is 2.29. The number of morpholine rings is 1. The van der Waals surface area contributed by atoms with Gasteiger partial charge in [-0.1, -0.05) is 25.6 Å². The third-order valence-corrected chi connectivity index (χ3v) is 7.75. The largest absolute Gasteiger partial charge is 0.378 e. The number of alkyl halides is 1. The van der Waals surface area contributed by atoms with Crippen LogP contribution in [-0.4, -0.2) is 62.9 Å². The summed E-state index contributed by atoms with van der Waals surface area (Å²) in [6, 6.07) is 9.79. The molecule has 8 nitrogen and oxygen atoms in total. The normalized spacial score (nSPS) is 15.0. The summed E-state index contributed by atoms with van der Waals surface area (Å²) in [5.74, 6) is -1.90. The van der Waals surface area contributed by atoms with Crippen molar-refractivity contribution in [1.29, 1.82) is 0 Å². The van der Waals surface area contributed by atoms with Gasteiger partial charge in [0.25, 0.3) is 0 Å². The molecule has 1 aliphatic heterocycles. The smallest absolute Gasteiger partial charge is 0.232 e. The fourth-order valence-electron chi connectivity index (χ4n) is 4.22. The summed E-state index contributed by atoms with van der Waals surface area (Å²) in [4.78, 5) is 22.7. The van der Waals surface area contributed by atoms with Gasteiger partial charge in [0.2, 0.25) is 10.0 Å². The summed E-state index contributed by atoms with van der Waals surface area (Å²) in [6.07, 6.45) is 5.24. The number of Topliss-reactive ketones (excluding diaryl/α,β-unsaturated/α-hetero) is 1. The van der Waals surface area contributed by atoms with Gasteiger partial charge in [0.05, 0.1) is 30.2 Å². The predicted octanol–water partition coefficient (Wildman–Crippen LogP) is 4.84. The number of carbonyl (C=O) groups is 1. The summed E-state index contributed by atoms with van der Waals surface area (Å²) in [5, 5.41) is 0.496. The Morgan fingerprint density at radius 2 is 2.00 bits per heavy atom. The highest BCUT2D eigenvalue weighted by atomic mass is 32.2. The molecule has 0 unspecified atom stereocenters. The lowest BCUT2D eigenvalue weighted by atomic mass is 10.0. The number of ketones is 1. The summed E-state index contributed by atoms with van der Waals surface area (Å²) >= 11 is 0. The molecule has 1 aliphatic rings. The fraction of sp³-hybridized carbons (Fsp3) is 0.286. The maximum Gasteiger partial charge on any atom is 0.232 e. The molecule has 3 heterocycles. The molecule has 0 bridgehead atoms. The molecule has 0 spiro atoms. The number of hydrogen-bond acceptors (Lipinski definition) is 6. The number of nitrogens with zero attached hydrogens (tertiary/aromatic N) is 2. The van der Waals surface area contributed by atoms with E-state index >= 15 is 0 Å². The molecule has 0 saturated carbocycles. The number of H-pyrrole nitrogens is 1. The van der Waals surface area contributed by atoms with E-state index in [1.807, 2.05) is 30.3 Å². The number of rotatable bonds is 11. The number of anilines is 1. The number of benzene rings is 1. The first-order chi connectivity index (χ1) is 18.7. The minimum atomic E-state index is -3.74. The number of fused-ring (bicyclic) bond motifs is 1. The quantitative estimate of drug-likeness (QED) is 0.199. The van der Waals surface area contributed by atoms with Gasteiger partial charge >= 0.3 is 0 Å². The molecular weight excluding hydrogens is 526 g/mol. The molecule has 1 fully saturated rings. The average Bonchev–Trinajstić information content (AvgIpc) is 3.38. The van der Waals surface area contributed by atoms with E-state index in [-0.39, 0.29) is 17.0 Å². The SMILES string of the molecule is C=C(C(=O)c1c[nH]c2ncc(-c3cccc(N4CCOCC4)c3)cc12)/C(F)=C\C=C(/CF)NS(=O)(=O)CCC. The number of hydrogen-bond donors (Lipinski definition) is 2. The lowest BCUT2D eigenvalue weighted by molar-refractivity contribution is 0.103. The van der Waals surface area contributed by atoms with Crippen LogP contribution in [0.15, 0.2) is 78.6 Å². The predicted molar refractivity (Wildman–Crippen MR) is 148 cm³/mol. The van der Waals surface area contributed by atoms with Gasteiger partial charge in [0, 0.05) is 47.7 Å². The molecule has 11 heteroatoms. The van der Waals surface area contributed by atoms with Gasteiger partial charge in [0.15, 0.2) is 5.78 Å². The van der Waals surface area contributed by atoms with E-state index in [4.69, 9.17) is 4.74 Å². The highest BCUT2D eigenvalue weighted by Gasteiger charge is 2.20. The molecular formula is C28H30F2N4O4S. The van der Waals surface area contributed by atoms with Crippen LogP contribution in [0.3, 0.4) is 0 Å². The minimum Gasteiger partial charge on any atom is -0.378 e. The molecule has 4 rings (SSSR count). The first kappa shape index (κ1) is 28.2. The van der Waals surface area contributed by atoms with E-state index in [0.29, 0.717) is 30.7 Å². The van der Waals surface area contributed by atoms with Gasteiger partial charge < -0.3 is 14.6 Å². The monoisotopic (exact) mass is 556 g/mol. The van der Waals surface area contributed by atoms with E-state index in [0.717, 1.165) is 42.1 Å². The topological polar surface area (TPSA) is 104 Å². The molecule has 0 radical (unpaired) electrons. The van der Waals surface area contributed by atoms with E-state index in [9.17, 15) is 22.0 Å². The summed E-state index contributed by atoms with van der Waals surface area (Å²) < 4.78 is 59.4. The van der Waals surface area contributed by atoms with E-state index < -0.39 is 33.9 Å². The van der Waals surface area contributed by atoms with Gasteiger partial charge in [-0.3, -0.25) is 9.52 Å². The first-order valence-electron chi connectivity index (χ1n) is 12.5. The molecule has 39 heavy (non-hydrogen) atoms. The second-order valence-electron chi connectivity index (χ2n) is 9.04. The number of sulfonamides is 1. The van der Waals surface area contributed by atoms with Crippen molar-refractivity contribution in [3.63, 3.8) is 0 Å². The van der Waals surface area contributed by atoms with Gasteiger partial charge in [-0.2, -0.15) is 0 Å². The second kappa shape index (κ2) is 12.4. The molecule has 0 aliphatic carbocycles. The van der Waals surface area contributed by atoms with Crippen molar-refractivity contribution in [2.45, 2.75) is 13.3 Å². The number of carbonyl (C=O) groups excluding carboxylic acids is 1. The minimum absolute atomic E-state index is 0.176. The number of halogens is 2. The Morgan fingerprint density at radius 3 is 2.72 bits per heavy atom. The number of allylic oxidation sites excluding steroid dienone is 5. The standard InChI is InChI=1S/C28H30F2N4O4S/c1-3-13-39(36,37)33-22(16-29)7-8-26(30)19(2)27(35)25-18-32-28-24(25)15-21(17-31-28)20-5-4-6-23(14-20)34-9-11-38-12-10-34/h4-8,14-15,17-18,33H,2-3,9-13,16H2,1H3,(H,31,32)/b22-7+,26-8+. The lowest BCUT2D eigenvalue weighted by Gasteiger charge is -2.29. The van der Waals surface area contributed by atoms with E-state index in [2.05, 4.69) is 26.2 Å². The van der Waals surface area contributed by atoms with Crippen LogP contribution in [0, 0.1) is 0 Å². The zero-order chi connectivity index (χ0) is 28.0. The van der Waals surface area contributed by atoms with E-state index in [1.165, 1.54) is 6.20 Å². The first-order valence-corrected chi connectivity index (χ1v) is 14.1. The number of pyridine rings is 1. The van der Waals surface area contributed by atoms with Gasteiger partial charge in [-0.15, -0.1) is 0 Å². The van der Waals surface area contributed by atoms with Crippen molar-refractivity contribution >= 4 is 32.5 Å². The summed E-state index contributed by atoms with van der Waals surface area (Å²) in [5.41, 5.74) is 2.57. The van der Waals surface area contributed by atoms with Crippen molar-refractivity contribution in [2.24, 2.45) is 0 Å². The Labute approximate surface area is 226 Å². The zero-order valence-electron chi connectivity index (χ0n) is 21.5. The maximum atomic E-state index is 14.8. The van der Waals surface area contributed by atoms with Crippen LogP contribution in [-0.2, 0) is 14.8 Å². The van der Waals surface area contributed by atoms with Crippen molar-refractivity contribution in [2.75, 3.05) is 43.6 Å². The van der Waals surface area contributed by atoms with Crippen LogP contribution in [0.25, 0.3) is 22.2 Å². The summed E-state index contributed by atoms with van der Waals surface area (Å²) in [6.45, 7) is 7.00. The molecule has 0 amide bonds. The third-order valence-electron chi connectivity index (χ3n) is 6.23. The second-order valence-corrected chi connectivity index (χ2v) is 10.9. The molecule has 2 aromatic heterocycles. The van der Waals surface area contributed by atoms with Crippen molar-refractivity contribution in [3.05, 3.63) is 84.1 Å². The molecule has 1 aromatic carbocycles. The third kappa shape index (κ3) is 6.79. The Kier molecular flexibility index (Phi) is 8.93. The Bertz CT molecular complexity index is 1540. The van der Waals surface area contributed by atoms with Crippen molar-refractivity contribution in [3.8, 4) is 11.1 Å². The van der Waals surface area contributed by atoms with Crippen molar-refractivity contribution < 1.29 is 26.7 Å². The Morgan fingerprint density at radius 1 is 1.23 bits per heavy atom. The van der Waals surface area contributed by atoms with Crippen LogP contribution in [0.5, 0.6) is 0 Å². The van der Waals surface area contributed by atoms with Crippen molar-refractivity contribution in [1.82, 2.24) is 14.7 Å². The molecule has 206 valence electrons. The number of ether oxygens (including phenoxy) is 1. The van der Waals surface area contributed by atoms with Crippen LogP contribution in [0.4, 0.5) is 14.5 Å². The average molecular weight is 557 g/mol. The van der Waals surface area contributed by atoms with E-state index in [1.54, 1.807) is 13.1 Å². The zero-order valence-corrected chi connectivity index (χ0v) is 22.4. The summed E-state index contributed by atoms with van der Waals surface area (Å²) in [7, 11) is -3.74. The molecule has 3 aromatic rings. The van der Waals surface area contributed by atoms with Crippen LogP contribution in [0.2, 0.25) is 0 Å². The van der Waals surface area contributed by atoms with Gasteiger partial charge in [-0.25, -0.2) is 22.2 Å². The molecule has 0 atom stereocenters. The maximum absolute atomic E-state index is 14.8.